The molecule has 3 rings (SSSR count). The number of nitrogens with one attached hydrogen (secondary N) is 1. The molecule has 112 valence electrons. The van der Waals surface area contributed by atoms with E-state index in [0.717, 1.165) is 18.1 Å². The first-order valence-corrected chi connectivity index (χ1v) is 8.92. The van der Waals surface area contributed by atoms with Crippen LogP contribution in [0.5, 0.6) is 0 Å². The van der Waals surface area contributed by atoms with Gasteiger partial charge >= 0.3 is 0 Å². The zero-order valence-corrected chi connectivity index (χ0v) is 13.7. The second-order valence-corrected chi connectivity index (χ2v) is 7.71. The second kappa shape index (κ2) is 5.74. The van der Waals surface area contributed by atoms with Gasteiger partial charge in [-0.15, -0.1) is 11.3 Å². The van der Waals surface area contributed by atoms with E-state index in [1.54, 1.807) is 11.3 Å². The summed E-state index contributed by atoms with van der Waals surface area (Å²) in [4.78, 5) is 7.36. The number of rotatable bonds is 5. The van der Waals surface area contributed by atoms with Gasteiger partial charge in [0, 0.05) is 29.7 Å². The van der Waals surface area contributed by atoms with Gasteiger partial charge < -0.3 is 5.32 Å². The third-order valence-corrected chi connectivity index (χ3v) is 6.10. The fourth-order valence-corrected chi connectivity index (χ4v) is 5.01. The van der Waals surface area contributed by atoms with Gasteiger partial charge in [-0.25, -0.2) is 4.98 Å². The molecule has 1 aromatic heterocycles. The molecule has 3 nitrogen and oxygen atoms in total. The number of nitrogens with zero attached hydrogens (tertiary/aromatic N) is 2. The van der Waals surface area contributed by atoms with Crippen LogP contribution in [0.4, 0.5) is 0 Å². The van der Waals surface area contributed by atoms with Gasteiger partial charge in [-0.05, 0) is 52.5 Å². The molecule has 2 bridgehead atoms. The molecule has 0 spiro atoms. The number of hydrogen-bond acceptors (Lipinski definition) is 4. The Labute approximate surface area is 126 Å². The summed E-state index contributed by atoms with van der Waals surface area (Å²) in [6.45, 7) is 8.14. The lowest BCUT2D eigenvalue weighted by molar-refractivity contribution is 0.0179. The van der Waals surface area contributed by atoms with Crippen molar-refractivity contribution < 1.29 is 0 Å². The summed E-state index contributed by atoms with van der Waals surface area (Å²) in [5, 5.41) is 7.12. The molecule has 2 aliphatic rings. The van der Waals surface area contributed by atoms with Crippen LogP contribution in [0.1, 0.15) is 57.9 Å². The van der Waals surface area contributed by atoms with Crippen molar-refractivity contribution >= 4 is 11.3 Å². The molecule has 2 atom stereocenters. The Morgan fingerprint density at radius 1 is 1.35 bits per heavy atom. The average molecular weight is 293 g/mol. The van der Waals surface area contributed by atoms with Crippen molar-refractivity contribution in [2.45, 2.75) is 76.5 Å². The summed E-state index contributed by atoms with van der Waals surface area (Å²) in [5.41, 5.74) is 0.0930. The predicted octanol–water partition coefficient (Wildman–Crippen LogP) is 3.37. The Hall–Kier alpha value is -0.450. The SMILES string of the molecule is CCCNC1CC2CCC(C1)N2C(C)(C)c1nccs1. The van der Waals surface area contributed by atoms with Gasteiger partial charge in [-0.2, -0.15) is 0 Å². The largest absolute Gasteiger partial charge is 0.314 e. The minimum atomic E-state index is 0.0930. The van der Waals surface area contributed by atoms with Crippen LogP contribution >= 0.6 is 11.3 Å². The summed E-state index contributed by atoms with van der Waals surface area (Å²) < 4.78 is 0. The zero-order valence-electron chi connectivity index (χ0n) is 12.9. The van der Waals surface area contributed by atoms with Crippen LogP contribution in [-0.2, 0) is 5.54 Å². The van der Waals surface area contributed by atoms with Gasteiger partial charge in [-0.3, -0.25) is 4.90 Å². The fraction of sp³-hybridized carbons (Fsp3) is 0.812. The number of piperidine rings is 1. The minimum Gasteiger partial charge on any atom is -0.314 e. The highest BCUT2D eigenvalue weighted by Crippen LogP contribution is 2.44. The molecule has 2 fully saturated rings. The van der Waals surface area contributed by atoms with E-state index in [1.807, 2.05) is 6.20 Å². The lowest BCUT2D eigenvalue weighted by Gasteiger charge is -2.47. The first-order valence-electron chi connectivity index (χ1n) is 8.04. The first kappa shape index (κ1) is 14.5. The van der Waals surface area contributed by atoms with Crippen molar-refractivity contribution in [2.75, 3.05) is 6.54 Å². The van der Waals surface area contributed by atoms with Crippen molar-refractivity contribution in [3.05, 3.63) is 16.6 Å². The fourth-order valence-electron chi connectivity index (χ4n) is 4.24. The Morgan fingerprint density at radius 3 is 2.60 bits per heavy atom. The van der Waals surface area contributed by atoms with Gasteiger partial charge in [0.1, 0.15) is 5.01 Å². The zero-order chi connectivity index (χ0) is 14.2. The van der Waals surface area contributed by atoms with Crippen LogP contribution in [0.3, 0.4) is 0 Å². The van der Waals surface area contributed by atoms with Crippen molar-refractivity contribution in [2.24, 2.45) is 0 Å². The third-order valence-electron chi connectivity index (χ3n) is 5.02. The molecule has 0 radical (unpaired) electrons. The van der Waals surface area contributed by atoms with Crippen molar-refractivity contribution in [3.8, 4) is 0 Å². The smallest absolute Gasteiger partial charge is 0.112 e. The molecule has 1 aromatic rings. The molecular formula is C16H27N3S. The maximum Gasteiger partial charge on any atom is 0.112 e. The van der Waals surface area contributed by atoms with E-state index in [4.69, 9.17) is 0 Å². The van der Waals surface area contributed by atoms with Crippen LogP contribution < -0.4 is 5.32 Å². The van der Waals surface area contributed by atoms with Crippen LogP contribution in [0, 0.1) is 0 Å². The first-order chi connectivity index (χ1) is 9.63. The Balaban J connectivity index is 1.74. The van der Waals surface area contributed by atoms with E-state index in [2.05, 4.69) is 41.4 Å². The van der Waals surface area contributed by atoms with Crippen LogP contribution in [0.15, 0.2) is 11.6 Å². The monoisotopic (exact) mass is 293 g/mol. The average Bonchev–Trinajstić information content (AvgIpc) is 3.04. The molecule has 2 aliphatic heterocycles. The van der Waals surface area contributed by atoms with E-state index in [1.165, 1.54) is 43.7 Å². The van der Waals surface area contributed by atoms with Crippen LogP contribution in [0.2, 0.25) is 0 Å². The number of hydrogen-bond donors (Lipinski definition) is 1. The summed E-state index contributed by atoms with van der Waals surface area (Å²) in [7, 11) is 0. The summed E-state index contributed by atoms with van der Waals surface area (Å²) in [6, 6.07) is 2.21. The normalized spacial score (nSPS) is 30.9. The van der Waals surface area contributed by atoms with Gasteiger partial charge in [0.15, 0.2) is 0 Å². The quantitative estimate of drug-likeness (QED) is 0.902. The van der Waals surface area contributed by atoms with Crippen molar-refractivity contribution in [1.82, 2.24) is 15.2 Å². The Kier molecular flexibility index (Phi) is 4.16. The molecule has 0 aliphatic carbocycles. The molecule has 0 aromatic carbocycles. The lowest BCUT2D eigenvalue weighted by atomic mass is 9.90. The molecule has 0 amide bonds. The van der Waals surface area contributed by atoms with E-state index in [9.17, 15) is 0 Å². The molecule has 2 saturated heterocycles. The number of fused-ring (bicyclic) bond motifs is 2. The standard InChI is InChI=1S/C16H27N3S/c1-4-7-17-12-10-13-5-6-14(11-12)19(13)16(2,3)15-18-8-9-20-15/h8-9,12-14,17H,4-7,10-11H2,1-3H3. The minimum absolute atomic E-state index is 0.0930. The molecular weight excluding hydrogens is 266 g/mol. The number of aromatic nitrogens is 1. The van der Waals surface area contributed by atoms with Crippen LogP contribution in [-0.4, -0.2) is 34.6 Å². The van der Waals surface area contributed by atoms with Crippen molar-refractivity contribution in [1.29, 1.82) is 0 Å². The van der Waals surface area contributed by atoms with Crippen molar-refractivity contribution in [3.63, 3.8) is 0 Å². The molecule has 3 heterocycles. The van der Waals surface area contributed by atoms with E-state index in [0.29, 0.717) is 0 Å². The van der Waals surface area contributed by atoms with Crippen LogP contribution in [0.25, 0.3) is 0 Å². The third kappa shape index (κ3) is 2.53. The van der Waals surface area contributed by atoms with Gasteiger partial charge in [-0.1, -0.05) is 6.92 Å². The molecule has 4 heteroatoms. The van der Waals surface area contributed by atoms with Gasteiger partial charge in [0.05, 0.1) is 5.54 Å². The van der Waals surface area contributed by atoms with E-state index < -0.39 is 0 Å². The maximum atomic E-state index is 4.59. The van der Waals surface area contributed by atoms with Gasteiger partial charge in [0.25, 0.3) is 0 Å². The summed E-state index contributed by atoms with van der Waals surface area (Å²) in [6.07, 6.45) is 8.53. The summed E-state index contributed by atoms with van der Waals surface area (Å²) >= 11 is 1.80. The van der Waals surface area contributed by atoms with E-state index in [-0.39, 0.29) is 5.54 Å². The number of thiazole rings is 1. The summed E-state index contributed by atoms with van der Waals surface area (Å²) in [5.74, 6) is 0. The second-order valence-electron chi connectivity index (χ2n) is 6.81. The molecule has 2 unspecified atom stereocenters. The predicted molar refractivity (Wildman–Crippen MR) is 85.1 cm³/mol. The highest BCUT2D eigenvalue weighted by molar-refractivity contribution is 7.09. The Morgan fingerprint density at radius 2 is 2.05 bits per heavy atom. The molecule has 1 N–H and O–H groups in total. The maximum absolute atomic E-state index is 4.59. The highest BCUT2D eigenvalue weighted by Gasteiger charge is 2.48. The lowest BCUT2D eigenvalue weighted by Crippen LogP contribution is -2.55. The highest BCUT2D eigenvalue weighted by atomic mass is 32.1. The van der Waals surface area contributed by atoms with Gasteiger partial charge in [0.2, 0.25) is 0 Å². The topological polar surface area (TPSA) is 28.2 Å². The molecule has 0 saturated carbocycles. The molecule has 20 heavy (non-hydrogen) atoms. The Bertz CT molecular complexity index is 415. The van der Waals surface area contributed by atoms with E-state index >= 15 is 0 Å².